The number of benzene rings is 2. The minimum Gasteiger partial charge on any atom is -0.360 e. The van der Waals surface area contributed by atoms with Crippen LogP contribution in [0.25, 0.3) is 0 Å². The molecule has 1 aliphatic rings. The molecule has 0 saturated carbocycles. The molecule has 1 aliphatic heterocycles. The lowest BCUT2D eigenvalue weighted by atomic mass is 10.2. The Kier molecular flexibility index (Phi) is 6.86. The van der Waals surface area contributed by atoms with Gasteiger partial charge < -0.3 is 10.2 Å². The summed E-state index contributed by atoms with van der Waals surface area (Å²) in [6.07, 6.45) is 2.46. The average Bonchev–Trinajstić information content (AvgIpc) is 2.73. The lowest BCUT2D eigenvalue weighted by molar-refractivity contribution is -0.384. The number of rotatable bonds is 7. The summed E-state index contributed by atoms with van der Waals surface area (Å²) in [5.74, 6) is -1.01. The SMILES string of the molecule is CN(CC(=O)Nc1cccc(F)c1)c1ccc(S(=O)(=O)N2CCCCC2)cc1[N+](=O)[O-]. The van der Waals surface area contributed by atoms with E-state index in [0.29, 0.717) is 13.1 Å². The number of sulfonamides is 1. The number of nitro groups is 1. The van der Waals surface area contributed by atoms with Crippen molar-refractivity contribution in [2.24, 2.45) is 0 Å². The van der Waals surface area contributed by atoms with Gasteiger partial charge in [-0.05, 0) is 43.2 Å². The molecule has 1 fully saturated rings. The van der Waals surface area contributed by atoms with Gasteiger partial charge in [0.05, 0.1) is 16.4 Å². The Morgan fingerprint density at radius 1 is 1.19 bits per heavy atom. The first kappa shape index (κ1) is 22.6. The maximum absolute atomic E-state index is 13.3. The van der Waals surface area contributed by atoms with Gasteiger partial charge in [-0.3, -0.25) is 14.9 Å². The van der Waals surface area contributed by atoms with Crippen LogP contribution in [0.3, 0.4) is 0 Å². The quantitative estimate of drug-likeness (QED) is 0.513. The molecule has 0 unspecified atom stereocenters. The Hall–Kier alpha value is -3.05. The molecule has 166 valence electrons. The van der Waals surface area contributed by atoms with E-state index in [2.05, 4.69) is 5.32 Å². The molecule has 3 rings (SSSR count). The molecule has 0 radical (unpaired) electrons. The highest BCUT2D eigenvalue weighted by Gasteiger charge is 2.29. The van der Waals surface area contributed by atoms with E-state index in [1.807, 2.05) is 0 Å². The molecule has 0 aromatic heterocycles. The number of amides is 1. The van der Waals surface area contributed by atoms with E-state index in [0.717, 1.165) is 31.4 Å². The van der Waals surface area contributed by atoms with Crippen molar-refractivity contribution in [2.45, 2.75) is 24.2 Å². The summed E-state index contributed by atoms with van der Waals surface area (Å²) in [5, 5.41) is 14.1. The molecule has 11 heteroatoms. The van der Waals surface area contributed by atoms with Crippen LogP contribution in [-0.4, -0.2) is 50.2 Å². The summed E-state index contributed by atoms with van der Waals surface area (Å²) in [6.45, 7) is 0.519. The normalized spacial score (nSPS) is 14.8. The number of nitro benzene ring substituents is 1. The topological polar surface area (TPSA) is 113 Å². The Balaban J connectivity index is 1.80. The number of hydrogen-bond donors (Lipinski definition) is 1. The number of carbonyl (C=O) groups is 1. The molecule has 1 heterocycles. The van der Waals surface area contributed by atoms with Crippen LogP contribution in [-0.2, 0) is 14.8 Å². The van der Waals surface area contributed by atoms with Crippen LogP contribution in [0.2, 0.25) is 0 Å². The Bertz CT molecular complexity index is 1090. The van der Waals surface area contributed by atoms with Crippen LogP contribution in [0.1, 0.15) is 19.3 Å². The van der Waals surface area contributed by atoms with Crippen LogP contribution < -0.4 is 10.2 Å². The molecule has 0 bridgehead atoms. The molecule has 2 aromatic carbocycles. The Morgan fingerprint density at radius 2 is 1.90 bits per heavy atom. The first-order valence-electron chi connectivity index (χ1n) is 9.73. The van der Waals surface area contributed by atoms with E-state index in [9.17, 15) is 27.7 Å². The van der Waals surface area contributed by atoms with Gasteiger partial charge in [-0.2, -0.15) is 4.31 Å². The minimum atomic E-state index is -3.83. The standard InChI is InChI=1S/C20H23FN4O5S/c1-23(14-20(26)22-16-7-5-6-15(21)12-16)18-9-8-17(13-19(18)25(27)28)31(29,30)24-10-3-2-4-11-24/h5-9,12-13H,2-4,10-11,14H2,1H3,(H,22,26). The predicted molar refractivity (Wildman–Crippen MR) is 114 cm³/mol. The van der Waals surface area contributed by atoms with Crippen molar-refractivity contribution in [1.29, 1.82) is 0 Å². The highest BCUT2D eigenvalue weighted by molar-refractivity contribution is 7.89. The number of nitrogens with zero attached hydrogens (tertiary/aromatic N) is 3. The van der Waals surface area contributed by atoms with Gasteiger partial charge >= 0.3 is 0 Å². The lowest BCUT2D eigenvalue weighted by Gasteiger charge is -2.26. The number of carbonyl (C=O) groups excluding carboxylic acids is 1. The number of piperidine rings is 1. The monoisotopic (exact) mass is 450 g/mol. The fourth-order valence-electron chi connectivity index (χ4n) is 3.45. The van der Waals surface area contributed by atoms with Crippen molar-refractivity contribution in [3.63, 3.8) is 0 Å². The largest absolute Gasteiger partial charge is 0.360 e. The summed E-state index contributed by atoms with van der Waals surface area (Å²) in [5.41, 5.74) is -0.0630. The second kappa shape index (κ2) is 9.40. The van der Waals surface area contributed by atoms with Crippen LogP contribution in [0.15, 0.2) is 47.4 Å². The molecule has 31 heavy (non-hydrogen) atoms. The van der Waals surface area contributed by atoms with Gasteiger partial charge in [0.1, 0.15) is 11.5 Å². The molecule has 2 aromatic rings. The van der Waals surface area contributed by atoms with Crippen molar-refractivity contribution in [3.05, 3.63) is 58.4 Å². The first-order valence-corrected chi connectivity index (χ1v) is 11.2. The minimum absolute atomic E-state index is 0.0944. The van der Waals surface area contributed by atoms with E-state index in [-0.39, 0.29) is 22.8 Å². The van der Waals surface area contributed by atoms with Crippen LogP contribution in [0.4, 0.5) is 21.5 Å². The van der Waals surface area contributed by atoms with E-state index in [1.54, 1.807) is 0 Å². The summed E-state index contributed by atoms with van der Waals surface area (Å²) in [6, 6.07) is 9.02. The summed E-state index contributed by atoms with van der Waals surface area (Å²) in [4.78, 5) is 24.4. The fourth-order valence-corrected chi connectivity index (χ4v) is 4.99. The molecule has 9 nitrogen and oxygen atoms in total. The van der Waals surface area contributed by atoms with Crippen molar-refractivity contribution in [1.82, 2.24) is 4.31 Å². The van der Waals surface area contributed by atoms with Crippen molar-refractivity contribution in [3.8, 4) is 0 Å². The van der Waals surface area contributed by atoms with Gasteiger partial charge in [0.2, 0.25) is 15.9 Å². The molecule has 0 spiro atoms. The van der Waals surface area contributed by atoms with Crippen LogP contribution in [0, 0.1) is 15.9 Å². The van der Waals surface area contributed by atoms with E-state index >= 15 is 0 Å². The zero-order valence-electron chi connectivity index (χ0n) is 17.0. The molecule has 1 amide bonds. The number of anilines is 2. The summed E-state index contributed by atoms with van der Waals surface area (Å²) >= 11 is 0. The number of hydrogen-bond acceptors (Lipinski definition) is 6. The lowest BCUT2D eigenvalue weighted by Crippen LogP contribution is -2.35. The zero-order chi connectivity index (χ0) is 22.6. The second-order valence-corrected chi connectivity index (χ2v) is 9.22. The smallest absolute Gasteiger partial charge is 0.293 e. The number of likely N-dealkylation sites (N-methyl/N-ethyl adjacent to an activating group) is 1. The third kappa shape index (κ3) is 5.36. The third-order valence-corrected chi connectivity index (χ3v) is 6.89. The van der Waals surface area contributed by atoms with Gasteiger partial charge in [-0.15, -0.1) is 0 Å². The maximum atomic E-state index is 13.3. The molecular formula is C20H23FN4O5S. The van der Waals surface area contributed by atoms with Gasteiger partial charge in [-0.1, -0.05) is 12.5 Å². The number of halogens is 1. The van der Waals surface area contributed by atoms with Crippen LogP contribution >= 0.6 is 0 Å². The third-order valence-electron chi connectivity index (χ3n) is 5.00. The first-order chi connectivity index (χ1) is 14.7. The predicted octanol–water partition coefficient (Wildman–Crippen LogP) is 2.98. The van der Waals surface area contributed by atoms with Crippen molar-refractivity contribution in [2.75, 3.05) is 36.9 Å². The molecular weight excluding hydrogens is 427 g/mol. The van der Waals surface area contributed by atoms with E-state index < -0.39 is 32.4 Å². The highest BCUT2D eigenvalue weighted by Crippen LogP contribution is 2.32. The van der Waals surface area contributed by atoms with E-state index in [4.69, 9.17) is 0 Å². The Morgan fingerprint density at radius 3 is 2.55 bits per heavy atom. The van der Waals surface area contributed by atoms with Crippen molar-refractivity contribution >= 4 is 33.0 Å². The molecule has 0 aliphatic carbocycles. The maximum Gasteiger partial charge on any atom is 0.293 e. The van der Waals surface area contributed by atoms with Gasteiger partial charge in [0.25, 0.3) is 5.69 Å². The highest BCUT2D eigenvalue weighted by atomic mass is 32.2. The summed E-state index contributed by atoms with van der Waals surface area (Å²) < 4.78 is 40.3. The van der Waals surface area contributed by atoms with Gasteiger partial charge in [0, 0.05) is 31.9 Å². The van der Waals surface area contributed by atoms with Crippen LogP contribution in [0.5, 0.6) is 0 Å². The van der Waals surface area contributed by atoms with E-state index in [1.165, 1.54) is 46.6 Å². The summed E-state index contributed by atoms with van der Waals surface area (Å²) in [7, 11) is -2.35. The molecule has 1 N–H and O–H groups in total. The van der Waals surface area contributed by atoms with Gasteiger partial charge in [-0.25, -0.2) is 12.8 Å². The fraction of sp³-hybridized carbons (Fsp3) is 0.350. The second-order valence-electron chi connectivity index (χ2n) is 7.29. The van der Waals surface area contributed by atoms with Crippen molar-refractivity contribution < 1.29 is 22.5 Å². The average molecular weight is 450 g/mol. The van der Waals surface area contributed by atoms with Gasteiger partial charge in [0.15, 0.2) is 0 Å². The Labute approximate surface area is 179 Å². The number of nitrogens with one attached hydrogen (secondary N) is 1. The zero-order valence-corrected chi connectivity index (χ0v) is 17.8. The molecule has 1 saturated heterocycles. The molecule has 0 atom stereocenters.